The molecular formula is C10H9N3O2S. The average molecular weight is 235 g/mol. The van der Waals surface area contributed by atoms with Crippen LogP contribution in [0.4, 0.5) is 5.13 Å². The summed E-state index contributed by atoms with van der Waals surface area (Å²) < 4.78 is 3.94. The first-order chi connectivity index (χ1) is 7.66. The van der Waals surface area contributed by atoms with Crippen molar-refractivity contribution >= 4 is 22.6 Å². The van der Waals surface area contributed by atoms with Gasteiger partial charge in [0.15, 0.2) is 0 Å². The Hall–Kier alpha value is -1.95. The molecule has 2 N–H and O–H groups in total. The van der Waals surface area contributed by atoms with E-state index >= 15 is 0 Å². The van der Waals surface area contributed by atoms with Gasteiger partial charge in [0.05, 0.1) is 5.56 Å². The molecule has 16 heavy (non-hydrogen) atoms. The van der Waals surface area contributed by atoms with Gasteiger partial charge in [0.25, 0.3) is 5.91 Å². The minimum Gasteiger partial charge on any atom is -0.507 e. The van der Waals surface area contributed by atoms with E-state index in [0.717, 1.165) is 11.5 Å². The number of para-hydroxylation sites is 1. The lowest BCUT2D eigenvalue weighted by Gasteiger charge is -2.02. The fourth-order valence-electron chi connectivity index (χ4n) is 1.18. The molecule has 0 saturated carbocycles. The van der Waals surface area contributed by atoms with Gasteiger partial charge >= 0.3 is 0 Å². The number of phenolic OH excluding ortho intramolecular Hbond substituents is 1. The number of phenols is 1. The molecule has 1 aromatic carbocycles. The highest BCUT2D eigenvalue weighted by Crippen LogP contribution is 2.18. The topological polar surface area (TPSA) is 75.1 Å². The molecule has 0 unspecified atom stereocenters. The van der Waals surface area contributed by atoms with E-state index < -0.39 is 5.91 Å². The maximum absolute atomic E-state index is 11.7. The second kappa shape index (κ2) is 4.28. The number of aryl methyl sites for hydroxylation is 1. The highest BCUT2D eigenvalue weighted by atomic mass is 32.1. The van der Waals surface area contributed by atoms with Gasteiger partial charge < -0.3 is 5.11 Å². The minimum atomic E-state index is -0.394. The third kappa shape index (κ3) is 2.17. The Bertz CT molecular complexity index is 524. The molecular weight excluding hydrogens is 226 g/mol. The van der Waals surface area contributed by atoms with Gasteiger partial charge in [0.2, 0.25) is 5.13 Å². The number of aromatic nitrogens is 2. The zero-order valence-corrected chi connectivity index (χ0v) is 9.28. The van der Waals surface area contributed by atoms with E-state index in [2.05, 4.69) is 14.7 Å². The second-order valence-electron chi connectivity index (χ2n) is 3.12. The van der Waals surface area contributed by atoms with Crippen molar-refractivity contribution in [2.45, 2.75) is 6.92 Å². The number of nitrogens with zero attached hydrogens (tertiary/aromatic N) is 2. The zero-order valence-electron chi connectivity index (χ0n) is 8.47. The number of anilines is 1. The summed E-state index contributed by atoms with van der Waals surface area (Å²) in [5, 5.41) is 12.5. The third-order valence-electron chi connectivity index (χ3n) is 1.90. The van der Waals surface area contributed by atoms with Gasteiger partial charge in [-0.15, -0.1) is 0 Å². The van der Waals surface area contributed by atoms with Gasteiger partial charge in [-0.2, -0.15) is 4.37 Å². The summed E-state index contributed by atoms with van der Waals surface area (Å²) in [4.78, 5) is 15.7. The van der Waals surface area contributed by atoms with Crippen LogP contribution in [0.15, 0.2) is 24.3 Å². The summed E-state index contributed by atoms with van der Waals surface area (Å²) in [7, 11) is 0. The van der Waals surface area contributed by atoms with Gasteiger partial charge in [0, 0.05) is 11.5 Å². The largest absolute Gasteiger partial charge is 0.507 e. The molecule has 0 bridgehead atoms. The van der Waals surface area contributed by atoms with Crippen LogP contribution in [0.25, 0.3) is 0 Å². The highest BCUT2D eigenvalue weighted by molar-refractivity contribution is 7.09. The lowest BCUT2D eigenvalue weighted by molar-refractivity contribution is 0.102. The number of aromatic hydroxyl groups is 1. The van der Waals surface area contributed by atoms with Crippen molar-refractivity contribution in [2.24, 2.45) is 0 Å². The van der Waals surface area contributed by atoms with Gasteiger partial charge in [-0.1, -0.05) is 12.1 Å². The van der Waals surface area contributed by atoms with Gasteiger partial charge in [-0.25, -0.2) is 4.98 Å². The summed E-state index contributed by atoms with van der Waals surface area (Å²) in [6, 6.07) is 6.33. The molecule has 0 fully saturated rings. The molecule has 5 nitrogen and oxygen atoms in total. The van der Waals surface area contributed by atoms with Crippen LogP contribution >= 0.6 is 11.5 Å². The number of hydrogen-bond acceptors (Lipinski definition) is 5. The molecule has 0 saturated heterocycles. The molecule has 1 aromatic heterocycles. The van der Waals surface area contributed by atoms with Crippen LogP contribution in [0.1, 0.15) is 16.2 Å². The molecule has 6 heteroatoms. The number of rotatable bonds is 2. The monoisotopic (exact) mass is 235 g/mol. The quantitative estimate of drug-likeness (QED) is 0.832. The number of carbonyl (C=O) groups excluding carboxylic acids is 1. The molecule has 1 amide bonds. The smallest absolute Gasteiger partial charge is 0.261 e. The molecule has 2 aromatic rings. The first-order valence-corrected chi connectivity index (χ1v) is 5.34. The lowest BCUT2D eigenvalue weighted by atomic mass is 10.2. The Balaban J connectivity index is 2.18. The van der Waals surface area contributed by atoms with Crippen molar-refractivity contribution in [1.29, 1.82) is 0 Å². The van der Waals surface area contributed by atoms with Crippen LogP contribution < -0.4 is 5.32 Å². The molecule has 0 aliphatic heterocycles. The third-order valence-corrected chi connectivity index (χ3v) is 2.62. The molecule has 0 radical (unpaired) electrons. The zero-order chi connectivity index (χ0) is 11.5. The van der Waals surface area contributed by atoms with E-state index in [0.29, 0.717) is 11.0 Å². The van der Waals surface area contributed by atoms with Crippen LogP contribution in [0.3, 0.4) is 0 Å². The second-order valence-corrected chi connectivity index (χ2v) is 3.87. The number of hydrogen-bond donors (Lipinski definition) is 2. The van der Waals surface area contributed by atoms with E-state index in [4.69, 9.17) is 0 Å². The summed E-state index contributed by atoms with van der Waals surface area (Å²) in [5.74, 6) is 0.160. The highest BCUT2D eigenvalue weighted by Gasteiger charge is 2.12. The molecule has 2 rings (SSSR count). The van der Waals surface area contributed by atoms with Crippen LogP contribution in [0.2, 0.25) is 0 Å². The fraction of sp³-hybridized carbons (Fsp3) is 0.100. The standard InChI is InChI=1S/C10H9N3O2S/c1-6-11-10(16-13-6)12-9(15)7-4-2-3-5-8(7)14/h2-5,14H,1H3,(H,11,12,13,15). The van der Waals surface area contributed by atoms with Crippen LogP contribution in [-0.4, -0.2) is 20.4 Å². The molecule has 1 heterocycles. The molecule has 0 atom stereocenters. The van der Waals surface area contributed by atoms with E-state index in [9.17, 15) is 9.90 Å². The number of benzene rings is 1. The Kier molecular flexibility index (Phi) is 2.82. The molecule has 0 aliphatic rings. The minimum absolute atomic E-state index is 0.0544. The van der Waals surface area contributed by atoms with Crippen LogP contribution in [0, 0.1) is 6.92 Å². The summed E-state index contributed by atoms with van der Waals surface area (Å²) in [6.07, 6.45) is 0. The summed E-state index contributed by atoms with van der Waals surface area (Å²) >= 11 is 1.10. The van der Waals surface area contributed by atoms with Crippen molar-refractivity contribution in [2.75, 3.05) is 5.32 Å². The molecule has 0 aliphatic carbocycles. The summed E-state index contributed by atoms with van der Waals surface area (Å²) in [6.45, 7) is 1.74. The SMILES string of the molecule is Cc1nsc(NC(=O)c2ccccc2O)n1. The Morgan fingerprint density at radius 3 is 2.81 bits per heavy atom. The summed E-state index contributed by atoms with van der Waals surface area (Å²) in [5.41, 5.74) is 0.218. The Morgan fingerprint density at radius 2 is 2.19 bits per heavy atom. The Labute approximate surface area is 95.9 Å². The first-order valence-electron chi connectivity index (χ1n) is 4.56. The number of amides is 1. The molecule has 82 valence electrons. The van der Waals surface area contributed by atoms with Gasteiger partial charge in [-0.05, 0) is 19.1 Å². The van der Waals surface area contributed by atoms with Gasteiger partial charge in [-0.3, -0.25) is 10.1 Å². The average Bonchev–Trinajstić information content (AvgIpc) is 2.64. The maximum atomic E-state index is 11.7. The number of nitrogens with one attached hydrogen (secondary N) is 1. The van der Waals surface area contributed by atoms with E-state index in [1.165, 1.54) is 6.07 Å². The van der Waals surface area contributed by atoms with Crippen molar-refractivity contribution in [1.82, 2.24) is 9.36 Å². The maximum Gasteiger partial charge on any atom is 0.261 e. The van der Waals surface area contributed by atoms with Gasteiger partial charge in [0.1, 0.15) is 11.6 Å². The van der Waals surface area contributed by atoms with Crippen LogP contribution in [0.5, 0.6) is 5.75 Å². The molecule has 0 spiro atoms. The van der Waals surface area contributed by atoms with E-state index in [1.54, 1.807) is 25.1 Å². The number of carbonyl (C=O) groups is 1. The normalized spacial score (nSPS) is 10.1. The van der Waals surface area contributed by atoms with Crippen molar-refractivity contribution in [3.05, 3.63) is 35.7 Å². The van der Waals surface area contributed by atoms with Crippen LogP contribution in [-0.2, 0) is 0 Å². The fourth-order valence-corrected chi connectivity index (χ4v) is 1.75. The van der Waals surface area contributed by atoms with Crippen molar-refractivity contribution in [3.8, 4) is 5.75 Å². The lowest BCUT2D eigenvalue weighted by Crippen LogP contribution is -2.11. The van der Waals surface area contributed by atoms with Crippen molar-refractivity contribution in [3.63, 3.8) is 0 Å². The predicted octanol–water partition coefficient (Wildman–Crippen LogP) is 1.80. The predicted molar refractivity (Wildman–Crippen MR) is 60.7 cm³/mol. The Morgan fingerprint density at radius 1 is 1.44 bits per heavy atom. The van der Waals surface area contributed by atoms with E-state index in [1.807, 2.05) is 0 Å². The first kappa shape index (κ1) is 10.6. The van der Waals surface area contributed by atoms with Crippen molar-refractivity contribution < 1.29 is 9.90 Å². The van der Waals surface area contributed by atoms with E-state index in [-0.39, 0.29) is 11.3 Å².